The fourth-order valence-electron chi connectivity index (χ4n) is 2.15. The van der Waals surface area contributed by atoms with Crippen LogP contribution >= 0.6 is 0 Å². The van der Waals surface area contributed by atoms with Crippen LogP contribution in [0.2, 0.25) is 0 Å². The lowest BCUT2D eigenvalue weighted by Crippen LogP contribution is -2.36. The third kappa shape index (κ3) is 2.41. The maximum atomic E-state index is 11.5. The lowest BCUT2D eigenvalue weighted by molar-refractivity contribution is -0.143. The first-order valence-corrected chi connectivity index (χ1v) is 6.36. The summed E-state index contributed by atoms with van der Waals surface area (Å²) in [6.07, 6.45) is 5.55. The van der Waals surface area contributed by atoms with Crippen molar-refractivity contribution in [2.24, 2.45) is 11.7 Å². The van der Waals surface area contributed by atoms with E-state index in [1.165, 1.54) is 7.11 Å². The summed E-state index contributed by atoms with van der Waals surface area (Å²) in [7, 11) is 1.37. The highest BCUT2D eigenvalue weighted by Gasteiger charge is 2.60. The molecule has 1 aliphatic rings. The average molecular weight is 251 g/mol. The molecule has 0 amide bonds. The van der Waals surface area contributed by atoms with Crippen molar-refractivity contribution < 1.29 is 9.53 Å². The van der Waals surface area contributed by atoms with Crippen LogP contribution in [-0.4, -0.2) is 28.2 Å². The molecule has 2 atom stereocenters. The Morgan fingerprint density at radius 2 is 2.44 bits per heavy atom. The van der Waals surface area contributed by atoms with Gasteiger partial charge in [0.15, 0.2) is 0 Å². The summed E-state index contributed by atoms with van der Waals surface area (Å²) in [6, 6.07) is 0. The van der Waals surface area contributed by atoms with Crippen LogP contribution in [0.25, 0.3) is 0 Å². The van der Waals surface area contributed by atoms with Gasteiger partial charge in [-0.2, -0.15) is 0 Å². The molecule has 1 fully saturated rings. The van der Waals surface area contributed by atoms with Crippen LogP contribution in [0.15, 0.2) is 12.5 Å². The van der Waals surface area contributed by atoms with Gasteiger partial charge in [0.1, 0.15) is 5.54 Å². The third-order valence-corrected chi connectivity index (χ3v) is 3.54. The van der Waals surface area contributed by atoms with Crippen molar-refractivity contribution >= 4 is 5.97 Å². The van der Waals surface area contributed by atoms with Gasteiger partial charge in [-0.1, -0.05) is 13.8 Å². The van der Waals surface area contributed by atoms with Crippen molar-refractivity contribution in [3.05, 3.63) is 18.2 Å². The van der Waals surface area contributed by atoms with E-state index in [-0.39, 0.29) is 11.9 Å². The van der Waals surface area contributed by atoms with Gasteiger partial charge in [0.05, 0.1) is 19.1 Å². The Kier molecular flexibility index (Phi) is 3.43. The van der Waals surface area contributed by atoms with Gasteiger partial charge in [0.2, 0.25) is 0 Å². The minimum atomic E-state index is -0.855. The van der Waals surface area contributed by atoms with E-state index >= 15 is 0 Å². The van der Waals surface area contributed by atoms with E-state index in [0.29, 0.717) is 12.3 Å². The van der Waals surface area contributed by atoms with E-state index in [2.05, 4.69) is 23.4 Å². The number of hydrogen-bond acceptors (Lipinski definition) is 4. The molecule has 5 heteroatoms. The molecule has 2 rings (SSSR count). The molecular weight excluding hydrogens is 230 g/mol. The molecule has 5 nitrogen and oxygen atoms in total. The molecule has 0 aromatic carbocycles. The Bertz CT molecular complexity index is 441. The normalized spacial score (nSPS) is 26.4. The van der Waals surface area contributed by atoms with E-state index in [9.17, 15) is 4.79 Å². The van der Waals surface area contributed by atoms with Gasteiger partial charge in [0.25, 0.3) is 0 Å². The number of methoxy groups -OCH3 is 1. The molecule has 1 aromatic rings. The molecule has 100 valence electrons. The predicted molar refractivity (Wildman–Crippen MR) is 68.0 cm³/mol. The first-order chi connectivity index (χ1) is 8.47. The fourth-order valence-corrected chi connectivity index (χ4v) is 2.15. The van der Waals surface area contributed by atoms with Gasteiger partial charge >= 0.3 is 5.97 Å². The Hall–Kier alpha value is -1.36. The van der Waals surface area contributed by atoms with E-state index < -0.39 is 5.54 Å². The Morgan fingerprint density at radius 3 is 3.06 bits per heavy atom. The standard InChI is InChI=1S/C13H21N3O2/c1-9(2)4-5-16-7-11(15-8-16)10-6-13(10,14)12(17)18-3/h7-10H,4-6,14H2,1-3H3. The molecule has 0 bridgehead atoms. The molecule has 0 aliphatic heterocycles. The van der Waals surface area contributed by atoms with Gasteiger partial charge in [0, 0.05) is 18.7 Å². The number of carbonyl (C=O) groups is 1. The molecule has 1 aromatic heterocycles. The largest absolute Gasteiger partial charge is 0.468 e. The fraction of sp³-hybridized carbons (Fsp3) is 0.692. The lowest BCUT2D eigenvalue weighted by atomic mass is 10.1. The first kappa shape index (κ1) is 13.1. The van der Waals surface area contributed by atoms with Crippen LogP contribution < -0.4 is 5.73 Å². The minimum absolute atomic E-state index is 0.00486. The number of aromatic nitrogens is 2. The predicted octanol–water partition coefficient (Wildman–Crippen LogP) is 1.29. The summed E-state index contributed by atoms with van der Waals surface area (Å²) < 4.78 is 6.78. The monoisotopic (exact) mass is 251 g/mol. The summed E-state index contributed by atoms with van der Waals surface area (Å²) in [5.41, 5.74) is 6.02. The zero-order valence-corrected chi connectivity index (χ0v) is 11.2. The highest BCUT2D eigenvalue weighted by atomic mass is 16.5. The second kappa shape index (κ2) is 4.72. The number of rotatable bonds is 5. The summed E-state index contributed by atoms with van der Waals surface area (Å²) >= 11 is 0. The van der Waals surface area contributed by atoms with Crippen molar-refractivity contribution in [1.82, 2.24) is 9.55 Å². The van der Waals surface area contributed by atoms with Gasteiger partial charge < -0.3 is 15.0 Å². The number of imidazole rings is 1. The molecule has 2 unspecified atom stereocenters. The minimum Gasteiger partial charge on any atom is -0.468 e. The van der Waals surface area contributed by atoms with Crippen LogP contribution in [0, 0.1) is 5.92 Å². The lowest BCUT2D eigenvalue weighted by Gasteiger charge is -2.07. The SMILES string of the molecule is COC(=O)C1(N)CC1c1cn(CCC(C)C)cn1. The van der Waals surface area contributed by atoms with Gasteiger partial charge in [-0.15, -0.1) is 0 Å². The zero-order valence-electron chi connectivity index (χ0n) is 11.2. The summed E-state index contributed by atoms with van der Waals surface area (Å²) in [4.78, 5) is 15.9. The molecule has 1 heterocycles. The zero-order chi connectivity index (χ0) is 13.3. The smallest absolute Gasteiger partial charge is 0.326 e. The van der Waals surface area contributed by atoms with Crippen molar-refractivity contribution in [2.45, 2.75) is 44.7 Å². The number of nitrogens with zero attached hydrogens (tertiary/aromatic N) is 2. The Balaban J connectivity index is 1.98. The molecule has 1 saturated carbocycles. The maximum absolute atomic E-state index is 11.5. The number of carbonyl (C=O) groups excluding carboxylic acids is 1. The van der Waals surface area contributed by atoms with E-state index in [1.54, 1.807) is 0 Å². The van der Waals surface area contributed by atoms with Gasteiger partial charge in [-0.25, -0.2) is 4.98 Å². The van der Waals surface area contributed by atoms with E-state index in [1.807, 2.05) is 12.5 Å². The molecule has 0 radical (unpaired) electrons. The highest BCUT2D eigenvalue weighted by molar-refractivity contribution is 5.86. The van der Waals surface area contributed by atoms with Crippen LogP contribution in [-0.2, 0) is 16.1 Å². The molecular formula is C13H21N3O2. The Morgan fingerprint density at radius 1 is 1.72 bits per heavy atom. The summed E-state index contributed by atoms with van der Waals surface area (Å²) in [6.45, 7) is 5.34. The topological polar surface area (TPSA) is 70.1 Å². The summed E-state index contributed by atoms with van der Waals surface area (Å²) in [5.74, 6) is 0.329. The quantitative estimate of drug-likeness (QED) is 0.800. The molecule has 1 aliphatic carbocycles. The number of aryl methyl sites for hydroxylation is 1. The molecule has 0 saturated heterocycles. The number of hydrogen-bond donors (Lipinski definition) is 1. The Labute approximate surface area is 107 Å². The van der Waals surface area contributed by atoms with Crippen LogP contribution in [0.5, 0.6) is 0 Å². The van der Waals surface area contributed by atoms with Gasteiger partial charge in [-0.05, 0) is 18.8 Å². The van der Waals surface area contributed by atoms with Gasteiger partial charge in [-0.3, -0.25) is 4.79 Å². The first-order valence-electron chi connectivity index (χ1n) is 6.36. The molecule has 18 heavy (non-hydrogen) atoms. The number of nitrogens with two attached hydrogens (primary N) is 1. The number of ether oxygens (including phenoxy) is 1. The second-order valence-electron chi connectivity index (χ2n) is 5.51. The maximum Gasteiger partial charge on any atom is 0.326 e. The summed E-state index contributed by atoms with van der Waals surface area (Å²) in [5, 5.41) is 0. The highest BCUT2D eigenvalue weighted by Crippen LogP contribution is 2.49. The van der Waals surface area contributed by atoms with Crippen molar-refractivity contribution in [3.63, 3.8) is 0 Å². The van der Waals surface area contributed by atoms with Crippen LogP contribution in [0.1, 0.15) is 38.3 Å². The average Bonchev–Trinajstić information content (AvgIpc) is 2.84. The molecule has 0 spiro atoms. The van der Waals surface area contributed by atoms with Crippen molar-refractivity contribution in [2.75, 3.05) is 7.11 Å². The van der Waals surface area contributed by atoms with Crippen LogP contribution in [0.3, 0.4) is 0 Å². The van der Waals surface area contributed by atoms with Crippen molar-refractivity contribution in [3.8, 4) is 0 Å². The van der Waals surface area contributed by atoms with E-state index in [4.69, 9.17) is 10.5 Å². The third-order valence-electron chi connectivity index (χ3n) is 3.54. The van der Waals surface area contributed by atoms with Crippen LogP contribution in [0.4, 0.5) is 0 Å². The molecule has 2 N–H and O–H groups in total. The second-order valence-corrected chi connectivity index (χ2v) is 5.51. The van der Waals surface area contributed by atoms with Crippen molar-refractivity contribution in [1.29, 1.82) is 0 Å². The number of esters is 1. The van der Waals surface area contributed by atoms with E-state index in [0.717, 1.165) is 18.7 Å².